The van der Waals surface area contributed by atoms with Crippen molar-refractivity contribution in [1.82, 2.24) is 10.2 Å². The summed E-state index contributed by atoms with van der Waals surface area (Å²) in [4.78, 5) is 25.5. The van der Waals surface area contributed by atoms with Gasteiger partial charge in [-0.25, -0.2) is 0 Å². The molecule has 0 heterocycles. The van der Waals surface area contributed by atoms with Crippen LogP contribution >= 0.6 is 0 Å². The van der Waals surface area contributed by atoms with Crippen molar-refractivity contribution in [1.29, 1.82) is 0 Å². The van der Waals surface area contributed by atoms with Crippen LogP contribution in [0.4, 0.5) is 0 Å². The van der Waals surface area contributed by atoms with Gasteiger partial charge in [-0.3, -0.25) is 9.59 Å². The summed E-state index contributed by atoms with van der Waals surface area (Å²) < 4.78 is 0. The predicted octanol–water partition coefficient (Wildman–Crippen LogP) is 1.16. The molecule has 1 N–H and O–H groups in total. The number of amides is 2. The maximum Gasteiger partial charge on any atom is 0.226 e. The number of nitrogens with one attached hydrogen (secondary N) is 1. The lowest BCUT2D eigenvalue weighted by Gasteiger charge is -2.16. The molecule has 0 bridgehead atoms. The Kier molecular flexibility index (Phi) is 3.69. The largest absolute Gasteiger partial charge is 0.353 e. The molecule has 0 saturated heterocycles. The van der Waals surface area contributed by atoms with E-state index < -0.39 is 0 Å². The Morgan fingerprint density at radius 3 is 2.59 bits per heavy atom. The zero-order valence-electron chi connectivity index (χ0n) is 10.7. The second-order valence-electron chi connectivity index (χ2n) is 5.34. The van der Waals surface area contributed by atoms with Gasteiger partial charge in [0.05, 0.1) is 11.8 Å². The first kappa shape index (κ1) is 12.4. The monoisotopic (exact) mass is 238 g/mol. The van der Waals surface area contributed by atoms with Crippen LogP contribution in [0.25, 0.3) is 0 Å². The Balaban J connectivity index is 1.72. The Bertz CT molecular complexity index is 313. The summed E-state index contributed by atoms with van der Waals surface area (Å²) in [6.45, 7) is 2.92. The van der Waals surface area contributed by atoms with Gasteiger partial charge in [0.2, 0.25) is 11.8 Å². The topological polar surface area (TPSA) is 49.4 Å². The standard InChI is InChI=1S/C13H22N2O2/c1-3-4-7-15(2)13(17)11-8-10(11)12(16)14-9-5-6-9/h9-11H,3-8H2,1-2H3,(H,14,16). The molecular formula is C13H22N2O2. The third-order valence-electron chi connectivity index (χ3n) is 3.59. The number of unbranched alkanes of at least 4 members (excludes halogenated alkanes) is 1. The van der Waals surface area contributed by atoms with Crippen molar-refractivity contribution < 1.29 is 9.59 Å². The van der Waals surface area contributed by atoms with Gasteiger partial charge in [-0.2, -0.15) is 0 Å². The highest BCUT2D eigenvalue weighted by atomic mass is 16.2. The summed E-state index contributed by atoms with van der Waals surface area (Å²) in [6.07, 6.45) is 5.08. The summed E-state index contributed by atoms with van der Waals surface area (Å²) in [7, 11) is 1.84. The summed E-state index contributed by atoms with van der Waals surface area (Å²) in [6, 6.07) is 0.400. The minimum Gasteiger partial charge on any atom is -0.353 e. The van der Waals surface area contributed by atoms with E-state index >= 15 is 0 Å². The van der Waals surface area contributed by atoms with Gasteiger partial charge < -0.3 is 10.2 Å². The van der Waals surface area contributed by atoms with Crippen molar-refractivity contribution in [3.05, 3.63) is 0 Å². The molecule has 4 nitrogen and oxygen atoms in total. The van der Waals surface area contributed by atoms with Gasteiger partial charge in [0, 0.05) is 19.6 Å². The molecule has 2 aliphatic rings. The number of nitrogens with zero attached hydrogens (tertiary/aromatic N) is 1. The highest BCUT2D eigenvalue weighted by Gasteiger charge is 2.49. The number of carbonyl (C=O) groups excluding carboxylic acids is 2. The molecule has 0 aromatic rings. The summed E-state index contributed by atoms with van der Waals surface area (Å²) in [5.41, 5.74) is 0. The molecule has 0 spiro atoms. The van der Waals surface area contributed by atoms with Crippen molar-refractivity contribution in [3.63, 3.8) is 0 Å². The maximum absolute atomic E-state index is 12.0. The van der Waals surface area contributed by atoms with Crippen LogP contribution in [-0.2, 0) is 9.59 Å². The number of carbonyl (C=O) groups is 2. The van der Waals surface area contributed by atoms with Crippen molar-refractivity contribution in [2.24, 2.45) is 11.8 Å². The molecule has 0 aliphatic heterocycles. The smallest absolute Gasteiger partial charge is 0.226 e. The van der Waals surface area contributed by atoms with Gasteiger partial charge in [-0.1, -0.05) is 13.3 Å². The fraction of sp³-hybridized carbons (Fsp3) is 0.846. The lowest BCUT2D eigenvalue weighted by atomic mass is 10.2. The molecule has 2 atom stereocenters. The van der Waals surface area contributed by atoms with Gasteiger partial charge in [0.15, 0.2) is 0 Å². The molecule has 2 amide bonds. The van der Waals surface area contributed by atoms with Crippen LogP contribution in [0.15, 0.2) is 0 Å². The Morgan fingerprint density at radius 2 is 2.00 bits per heavy atom. The first-order valence-electron chi connectivity index (χ1n) is 6.68. The molecular weight excluding hydrogens is 216 g/mol. The summed E-state index contributed by atoms with van der Waals surface area (Å²) in [5.74, 6) is 0.145. The first-order chi connectivity index (χ1) is 8.13. The molecule has 0 aromatic heterocycles. The van der Waals surface area contributed by atoms with Crippen LogP contribution < -0.4 is 5.32 Å². The average Bonchev–Trinajstić information content (AvgIpc) is 3.16. The van der Waals surface area contributed by atoms with E-state index in [9.17, 15) is 9.59 Å². The Morgan fingerprint density at radius 1 is 1.29 bits per heavy atom. The number of rotatable bonds is 6. The van der Waals surface area contributed by atoms with Crippen LogP contribution in [0.5, 0.6) is 0 Å². The first-order valence-corrected chi connectivity index (χ1v) is 6.68. The third kappa shape index (κ3) is 3.20. The Hall–Kier alpha value is -1.06. The van der Waals surface area contributed by atoms with Crippen molar-refractivity contribution in [3.8, 4) is 0 Å². The van der Waals surface area contributed by atoms with Crippen molar-refractivity contribution in [2.45, 2.75) is 45.1 Å². The van der Waals surface area contributed by atoms with E-state index in [1.54, 1.807) is 4.90 Å². The molecule has 2 fully saturated rings. The number of hydrogen-bond donors (Lipinski definition) is 1. The van der Waals surface area contributed by atoms with Gasteiger partial charge in [0.1, 0.15) is 0 Å². The van der Waals surface area contributed by atoms with E-state index in [0.717, 1.165) is 38.6 Å². The minimum absolute atomic E-state index is 0.0457. The molecule has 2 unspecified atom stereocenters. The minimum atomic E-state index is -0.0489. The fourth-order valence-electron chi connectivity index (χ4n) is 2.08. The molecule has 4 heteroatoms. The Labute approximate surface area is 103 Å². The van der Waals surface area contributed by atoms with Crippen molar-refractivity contribution in [2.75, 3.05) is 13.6 Å². The van der Waals surface area contributed by atoms with Gasteiger partial charge in [-0.05, 0) is 25.7 Å². The molecule has 0 aromatic carbocycles. The van der Waals surface area contributed by atoms with Gasteiger partial charge in [0.25, 0.3) is 0 Å². The van der Waals surface area contributed by atoms with Crippen molar-refractivity contribution >= 4 is 11.8 Å². The third-order valence-corrected chi connectivity index (χ3v) is 3.59. The zero-order chi connectivity index (χ0) is 12.4. The van der Waals surface area contributed by atoms with E-state index in [4.69, 9.17) is 0 Å². The van der Waals surface area contributed by atoms with Crippen LogP contribution in [0.2, 0.25) is 0 Å². The highest BCUT2D eigenvalue weighted by Crippen LogP contribution is 2.40. The van der Waals surface area contributed by atoms with Crippen LogP contribution in [0.1, 0.15) is 39.0 Å². The second kappa shape index (κ2) is 5.07. The quantitative estimate of drug-likeness (QED) is 0.755. The van der Waals surface area contributed by atoms with Crippen LogP contribution in [0.3, 0.4) is 0 Å². The van der Waals surface area contributed by atoms with Gasteiger partial charge in [-0.15, -0.1) is 0 Å². The lowest BCUT2D eigenvalue weighted by molar-refractivity contribution is -0.133. The number of hydrogen-bond acceptors (Lipinski definition) is 2. The zero-order valence-corrected chi connectivity index (χ0v) is 10.7. The maximum atomic E-state index is 12.0. The summed E-state index contributed by atoms with van der Waals surface area (Å²) >= 11 is 0. The fourth-order valence-corrected chi connectivity index (χ4v) is 2.08. The van der Waals surface area contributed by atoms with E-state index in [1.807, 2.05) is 7.05 Å². The second-order valence-corrected chi connectivity index (χ2v) is 5.34. The van der Waals surface area contributed by atoms with E-state index in [2.05, 4.69) is 12.2 Å². The van der Waals surface area contributed by atoms with E-state index in [0.29, 0.717) is 6.04 Å². The molecule has 2 rings (SSSR count). The average molecular weight is 238 g/mol. The predicted molar refractivity (Wildman–Crippen MR) is 65.3 cm³/mol. The molecule has 0 radical (unpaired) electrons. The molecule has 2 aliphatic carbocycles. The van der Waals surface area contributed by atoms with E-state index in [-0.39, 0.29) is 23.7 Å². The van der Waals surface area contributed by atoms with Gasteiger partial charge >= 0.3 is 0 Å². The SMILES string of the molecule is CCCCN(C)C(=O)C1CC1C(=O)NC1CC1. The molecule has 96 valence electrons. The van der Waals surface area contributed by atoms with E-state index in [1.165, 1.54) is 0 Å². The normalized spacial score (nSPS) is 26.5. The lowest BCUT2D eigenvalue weighted by Crippen LogP contribution is -2.32. The summed E-state index contributed by atoms with van der Waals surface area (Å²) in [5, 5.41) is 2.97. The van der Waals surface area contributed by atoms with Crippen LogP contribution in [-0.4, -0.2) is 36.3 Å². The molecule has 17 heavy (non-hydrogen) atoms. The van der Waals surface area contributed by atoms with Crippen LogP contribution in [0, 0.1) is 11.8 Å². The highest BCUT2D eigenvalue weighted by molar-refractivity contribution is 5.92. The molecule has 2 saturated carbocycles.